The number of allylic oxidation sites excluding steroid dienone is 1. The van der Waals surface area contributed by atoms with Crippen molar-refractivity contribution in [3.05, 3.63) is 47.9 Å². The van der Waals surface area contributed by atoms with Crippen molar-refractivity contribution >= 4 is 17.3 Å². The maximum Gasteiger partial charge on any atom is 0.455 e. The summed E-state index contributed by atoms with van der Waals surface area (Å²) in [5.74, 6) is -3.69. The van der Waals surface area contributed by atoms with E-state index < -0.39 is 29.3 Å². The Labute approximate surface area is 153 Å². The van der Waals surface area contributed by atoms with E-state index in [1.165, 1.54) is 19.0 Å². The Morgan fingerprint density at radius 1 is 1.22 bits per heavy atom. The lowest BCUT2D eigenvalue weighted by molar-refractivity contribution is -0.164. The number of halogens is 3. The van der Waals surface area contributed by atoms with Crippen molar-refractivity contribution in [1.29, 1.82) is 0 Å². The quantitative estimate of drug-likeness (QED) is 0.562. The number of nitrogens with zero attached hydrogens (tertiary/aromatic N) is 2. The van der Waals surface area contributed by atoms with Gasteiger partial charge in [0.2, 0.25) is 0 Å². The van der Waals surface area contributed by atoms with E-state index in [1.807, 2.05) is 0 Å². The number of rotatable bonds is 6. The first kappa shape index (κ1) is 20.2. The number of ketones is 1. The molecule has 0 atom stereocenters. The van der Waals surface area contributed by atoms with Gasteiger partial charge in [0.25, 0.3) is 5.78 Å². The summed E-state index contributed by atoms with van der Waals surface area (Å²) >= 11 is 0. The molecule has 0 saturated carbocycles. The third-order valence-corrected chi connectivity index (χ3v) is 3.35. The second-order valence-corrected chi connectivity index (χ2v) is 5.66. The van der Waals surface area contributed by atoms with Crippen molar-refractivity contribution in [3.8, 4) is 11.3 Å². The third-order valence-electron chi connectivity index (χ3n) is 3.35. The Balaban J connectivity index is 2.72. The minimum absolute atomic E-state index is 0.0105. The number of aromatic nitrogens is 1. The first-order valence-corrected chi connectivity index (χ1v) is 7.89. The molecule has 1 aromatic heterocycles. The van der Waals surface area contributed by atoms with Gasteiger partial charge in [-0.1, -0.05) is 35.5 Å². The fourth-order valence-corrected chi connectivity index (χ4v) is 2.29. The van der Waals surface area contributed by atoms with Gasteiger partial charge >= 0.3 is 12.1 Å². The van der Waals surface area contributed by atoms with Gasteiger partial charge in [-0.05, 0) is 6.92 Å². The molecule has 0 spiro atoms. The van der Waals surface area contributed by atoms with Crippen LogP contribution < -0.4 is 0 Å². The predicted molar refractivity (Wildman–Crippen MR) is 90.6 cm³/mol. The molecule has 1 aromatic carbocycles. The van der Waals surface area contributed by atoms with Crippen LogP contribution in [0.5, 0.6) is 0 Å². The molecule has 0 aliphatic carbocycles. The van der Waals surface area contributed by atoms with Gasteiger partial charge in [-0.3, -0.25) is 4.79 Å². The Morgan fingerprint density at radius 2 is 1.85 bits per heavy atom. The van der Waals surface area contributed by atoms with Crippen molar-refractivity contribution in [2.45, 2.75) is 13.1 Å². The minimum Gasteiger partial charge on any atom is -0.462 e. The molecule has 0 radical (unpaired) electrons. The average molecular weight is 382 g/mol. The Bertz CT molecular complexity index is 855. The molecule has 0 aliphatic heterocycles. The summed E-state index contributed by atoms with van der Waals surface area (Å²) in [7, 11) is 2.87. The highest BCUT2D eigenvalue weighted by atomic mass is 19.4. The molecule has 0 aliphatic rings. The molecule has 1 heterocycles. The zero-order valence-corrected chi connectivity index (χ0v) is 14.8. The lowest BCUT2D eigenvalue weighted by Gasteiger charge is -2.12. The second kappa shape index (κ2) is 8.07. The topological polar surface area (TPSA) is 72.6 Å². The summed E-state index contributed by atoms with van der Waals surface area (Å²) in [6.07, 6.45) is -4.23. The maximum absolute atomic E-state index is 13.1. The molecule has 144 valence electrons. The normalized spacial score (nSPS) is 12.0. The SMILES string of the molecule is CCOC(=O)c1c(-c2ccccc2)noc1/C(=C/N(C)C)C(=O)C(F)(F)F. The van der Waals surface area contributed by atoms with Crippen LogP contribution in [0.3, 0.4) is 0 Å². The van der Waals surface area contributed by atoms with Crippen molar-refractivity contribution in [2.75, 3.05) is 20.7 Å². The number of esters is 1. The van der Waals surface area contributed by atoms with Crippen LogP contribution in [-0.2, 0) is 9.53 Å². The van der Waals surface area contributed by atoms with Crippen LogP contribution in [0.1, 0.15) is 23.0 Å². The van der Waals surface area contributed by atoms with E-state index in [-0.39, 0.29) is 17.9 Å². The highest BCUT2D eigenvalue weighted by molar-refractivity contribution is 6.24. The maximum atomic E-state index is 13.1. The van der Waals surface area contributed by atoms with E-state index in [4.69, 9.17) is 9.26 Å². The molecular weight excluding hydrogens is 365 g/mol. The Hall–Kier alpha value is -3.10. The Kier molecular flexibility index (Phi) is 6.04. The van der Waals surface area contributed by atoms with E-state index in [1.54, 1.807) is 37.3 Å². The Morgan fingerprint density at radius 3 is 2.37 bits per heavy atom. The summed E-state index contributed by atoms with van der Waals surface area (Å²) in [6.45, 7) is 1.53. The van der Waals surface area contributed by atoms with Crippen LogP contribution in [0.25, 0.3) is 16.8 Å². The van der Waals surface area contributed by atoms with E-state index in [0.717, 1.165) is 6.20 Å². The van der Waals surface area contributed by atoms with Gasteiger partial charge in [0.15, 0.2) is 5.76 Å². The number of ether oxygens (including phenoxy) is 1. The molecule has 2 rings (SSSR count). The van der Waals surface area contributed by atoms with Gasteiger partial charge in [-0.25, -0.2) is 4.79 Å². The first-order valence-electron chi connectivity index (χ1n) is 7.89. The molecule has 0 fully saturated rings. The summed E-state index contributed by atoms with van der Waals surface area (Å²) < 4.78 is 49.1. The lowest BCUT2D eigenvalue weighted by Crippen LogP contribution is -2.25. The first-order chi connectivity index (χ1) is 12.7. The van der Waals surface area contributed by atoms with Gasteiger partial charge < -0.3 is 14.2 Å². The van der Waals surface area contributed by atoms with Crippen LogP contribution in [0.4, 0.5) is 13.2 Å². The number of carbonyl (C=O) groups is 2. The minimum atomic E-state index is -5.16. The van der Waals surface area contributed by atoms with Gasteiger partial charge in [0.05, 0.1) is 12.2 Å². The molecule has 0 unspecified atom stereocenters. The van der Waals surface area contributed by atoms with E-state index >= 15 is 0 Å². The molecule has 6 nitrogen and oxygen atoms in total. The number of alkyl halides is 3. The molecule has 2 aromatic rings. The highest BCUT2D eigenvalue weighted by Crippen LogP contribution is 2.34. The number of carbonyl (C=O) groups excluding carboxylic acids is 2. The van der Waals surface area contributed by atoms with Gasteiger partial charge in [-0.2, -0.15) is 13.2 Å². The number of hydrogen-bond donors (Lipinski definition) is 0. The zero-order chi connectivity index (χ0) is 20.2. The summed E-state index contributed by atoms with van der Waals surface area (Å²) in [5.41, 5.74) is -0.762. The third kappa shape index (κ3) is 4.55. The monoisotopic (exact) mass is 382 g/mol. The summed E-state index contributed by atoms with van der Waals surface area (Å²) in [5, 5.41) is 3.73. The lowest BCUT2D eigenvalue weighted by atomic mass is 10.0. The molecule has 0 saturated heterocycles. The molecule has 0 N–H and O–H groups in total. The largest absolute Gasteiger partial charge is 0.462 e. The van der Waals surface area contributed by atoms with Crippen molar-refractivity contribution in [1.82, 2.24) is 10.1 Å². The fourth-order valence-electron chi connectivity index (χ4n) is 2.29. The van der Waals surface area contributed by atoms with Crippen LogP contribution in [0, 0.1) is 0 Å². The van der Waals surface area contributed by atoms with Crippen molar-refractivity contribution < 1.29 is 32.0 Å². The van der Waals surface area contributed by atoms with Crippen LogP contribution >= 0.6 is 0 Å². The molecule has 9 heteroatoms. The summed E-state index contributed by atoms with van der Waals surface area (Å²) in [6, 6.07) is 8.25. The van der Waals surface area contributed by atoms with Crippen LogP contribution in [0.2, 0.25) is 0 Å². The van der Waals surface area contributed by atoms with Crippen molar-refractivity contribution in [3.63, 3.8) is 0 Å². The van der Waals surface area contributed by atoms with Crippen molar-refractivity contribution in [2.24, 2.45) is 0 Å². The van der Waals surface area contributed by atoms with Crippen LogP contribution in [0.15, 0.2) is 41.1 Å². The van der Waals surface area contributed by atoms with Gasteiger partial charge in [-0.15, -0.1) is 0 Å². The molecule has 27 heavy (non-hydrogen) atoms. The average Bonchev–Trinajstić information content (AvgIpc) is 3.04. The highest BCUT2D eigenvalue weighted by Gasteiger charge is 2.44. The molecule has 0 amide bonds. The predicted octanol–water partition coefficient (Wildman–Crippen LogP) is 3.55. The second-order valence-electron chi connectivity index (χ2n) is 5.66. The molecule has 0 bridgehead atoms. The standard InChI is InChI=1S/C18H17F3N2O4/c1-4-26-17(25)13-14(11-8-6-5-7-9-11)22-27-15(13)12(10-23(2)3)16(24)18(19,20)21/h5-10H,4H2,1-3H3/b12-10-. The van der Waals surface area contributed by atoms with E-state index in [0.29, 0.717) is 5.56 Å². The number of benzene rings is 1. The number of Topliss-reactive ketones (excluding diaryl/α,β-unsaturated/α-hetero) is 1. The van der Waals surface area contributed by atoms with Gasteiger partial charge in [0, 0.05) is 25.9 Å². The number of hydrogen-bond acceptors (Lipinski definition) is 6. The zero-order valence-electron chi connectivity index (χ0n) is 14.8. The smallest absolute Gasteiger partial charge is 0.455 e. The molecular formula is C18H17F3N2O4. The van der Waals surface area contributed by atoms with Gasteiger partial charge in [0.1, 0.15) is 11.3 Å². The fraction of sp³-hybridized carbons (Fsp3) is 0.278. The van der Waals surface area contributed by atoms with E-state index in [9.17, 15) is 22.8 Å². The van der Waals surface area contributed by atoms with Crippen LogP contribution in [-0.4, -0.2) is 48.7 Å². The van der Waals surface area contributed by atoms with E-state index in [2.05, 4.69) is 5.16 Å². The summed E-state index contributed by atoms with van der Waals surface area (Å²) in [4.78, 5) is 25.6.